The van der Waals surface area contributed by atoms with Crippen LogP contribution in [-0.4, -0.2) is 0 Å². The largest absolute Gasteiger partial charge is 0.136 e. The van der Waals surface area contributed by atoms with Gasteiger partial charge in [0.25, 0.3) is 0 Å². The van der Waals surface area contributed by atoms with Gasteiger partial charge in [-0.05, 0) is 29.4 Å². The Bertz CT molecular complexity index is 230. The van der Waals surface area contributed by atoms with E-state index in [0.29, 0.717) is 5.41 Å². The van der Waals surface area contributed by atoms with E-state index in [1.165, 1.54) is 32.1 Å². The summed E-state index contributed by atoms with van der Waals surface area (Å²) in [5, 5.41) is 1.71. The van der Waals surface area contributed by atoms with Gasteiger partial charge in [0, 0.05) is 0 Å². The van der Waals surface area contributed by atoms with E-state index in [1.54, 1.807) is 5.30 Å². The summed E-state index contributed by atoms with van der Waals surface area (Å²) in [5.74, 6) is 2.31. The molecule has 0 aliphatic heterocycles. The van der Waals surface area contributed by atoms with E-state index < -0.39 is 0 Å². The maximum atomic E-state index is 2.46. The van der Waals surface area contributed by atoms with Crippen molar-refractivity contribution in [3.63, 3.8) is 0 Å². The van der Waals surface area contributed by atoms with E-state index in [0.717, 1.165) is 8.19 Å². The molecule has 0 radical (unpaired) electrons. The van der Waals surface area contributed by atoms with Crippen molar-refractivity contribution in [2.75, 3.05) is 0 Å². The Morgan fingerprint density at radius 2 is 2.00 bits per heavy atom. The molecule has 0 nitrogen and oxygen atoms in total. The van der Waals surface area contributed by atoms with Crippen molar-refractivity contribution in [1.29, 1.82) is 0 Å². The van der Waals surface area contributed by atoms with Crippen molar-refractivity contribution in [3.8, 4) is 0 Å². The minimum absolute atomic E-state index is 0.570. The third-order valence-electron chi connectivity index (χ3n) is 3.21. The highest BCUT2D eigenvalue weighted by Gasteiger charge is 2.28. The molecule has 12 heavy (non-hydrogen) atoms. The van der Waals surface area contributed by atoms with Crippen LogP contribution in [0.2, 0.25) is 0 Å². The molecule has 1 fully saturated rings. The molecule has 0 saturated heterocycles. The molecule has 2 rings (SSSR count). The summed E-state index contributed by atoms with van der Waals surface area (Å²) in [4.78, 5) is 0. The molecule has 1 aromatic heterocycles. The number of hydrogen-bond acceptors (Lipinski definition) is 0. The first-order chi connectivity index (χ1) is 5.81. The van der Waals surface area contributed by atoms with Crippen LogP contribution >= 0.6 is 8.19 Å². The average Bonchev–Trinajstić information content (AvgIpc) is 2.58. The summed E-state index contributed by atoms with van der Waals surface area (Å²) in [6, 6.07) is 4.58. The molecule has 0 bridgehead atoms. The lowest BCUT2D eigenvalue weighted by atomic mass is 9.75. The van der Waals surface area contributed by atoms with Crippen molar-refractivity contribution in [2.45, 2.75) is 44.4 Å². The van der Waals surface area contributed by atoms with E-state index in [1.807, 2.05) is 0 Å². The summed E-state index contributed by atoms with van der Waals surface area (Å²) in [7, 11) is 0.982. The van der Waals surface area contributed by atoms with Gasteiger partial charge in [0.1, 0.15) is 0 Å². The van der Waals surface area contributed by atoms with Crippen LogP contribution in [-0.2, 0) is 5.41 Å². The van der Waals surface area contributed by atoms with Gasteiger partial charge in [-0.15, -0.1) is 8.19 Å². The highest BCUT2D eigenvalue weighted by atomic mass is 31.0. The predicted octanol–water partition coefficient (Wildman–Crippen LogP) is 3.94. The van der Waals surface area contributed by atoms with Gasteiger partial charge in [-0.2, -0.15) is 0 Å². The standard InChI is InChI=1S/C11H17P/c1-11(7-3-2-4-8-11)10-6-5-9-12-10/h5-6,9,12H,2-4,7-8H2,1H3. The van der Waals surface area contributed by atoms with Crippen LogP contribution in [0.4, 0.5) is 0 Å². The van der Waals surface area contributed by atoms with Crippen molar-refractivity contribution in [2.24, 2.45) is 0 Å². The van der Waals surface area contributed by atoms with E-state index in [-0.39, 0.29) is 0 Å². The molecule has 1 aliphatic carbocycles. The average molecular weight is 180 g/mol. The lowest BCUT2D eigenvalue weighted by Crippen LogP contribution is -2.23. The van der Waals surface area contributed by atoms with Gasteiger partial charge in [-0.3, -0.25) is 0 Å². The fraction of sp³-hybridized carbons (Fsp3) is 0.636. The van der Waals surface area contributed by atoms with Gasteiger partial charge in [0.2, 0.25) is 0 Å². The maximum Gasteiger partial charge on any atom is -0.00404 e. The molecule has 66 valence electrons. The second-order valence-electron chi connectivity index (χ2n) is 4.21. The first-order valence-corrected chi connectivity index (χ1v) is 6.03. The van der Waals surface area contributed by atoms with Crippen molar-refractivity contribution >= 4 is 8.19 Å². The van der Waals surface area contributed by atoms with Crippen LogP contribution in [0.1, 0.15) is 44.3 Å². The lowest BCUT2D eigenvalue weighted by molar-refractivity contribution is 0.325. The van der Waals surface area contributed by atoms with Gasteiger partial charge < -0.3 is 0 Å². The maximum absolute atomic E-state index is 2.46. The zero-order valence-corrected chi connectivity index (χ0v) is 8.77. The summed E-state index contributed by atoms with van der Waals surface area (Å²) in [6.07, 6.45) is 7.19. The fourth-order valence-corrected chi connectivity index (χ4v) is 3.47. The highest BCUT2D eigenvalue weighted by Crippen LogP contribution is 2.42. The highest BCUT2D eigenvalue weighted by molar-refractivity contribution is 7.30. The molecule has 1 atom stereocenters. The number of rotatable bonds is 1. The molecule has 1 heterocycles. The first kappa shape index (κ1) is 8.38. The van der Waals surface area contributed by atoms with Gasteiger partial charge >= 0.3 is 0 Å². The van der Waals surface area contributed by atoms with E-state index in [9.17, 15) is 0 Å². The first-order valence-electron chi connectivity index (χ1n) is 4.95. The van der Waals surface area contributed by atoms with Crippen molar-refractivity contribution in [1.82, 2.24) is 0 Å². The zero-order chi connectivity index (χ0) is 8.44. The molecule has 1 aromatic rings. The summed E-state index contributed by atoms with van der Waals surface area (Å²) in [6.45, 7) is 2.46. The van der Waals surface area contributed by atoms with Crippen LogP contribution < -0.4 is 0 Å². The molecular formula is C11H17P. The minimum atomic E-state index is 0.570. The zero-order valence-electron chi connectivity index (χ0n) is 7.77. The summed E-state index contributed by atoms with van der Waals surface area (Å²) in [5.41, 5.74) is 0.570. The molecular weight excluding hydrogens is 163 g/mol. The molecule has 0 amide bonds. The fourth-order valence-electron chi connectivity index (χ4n) is 2.31. The van der Waals surface area contributed by atoms with Gasteiger partial charge in [-0.25, -0.2) is 0 Å². The Labute approximate surface area is 76.5 Å². The Kier molecular flexibility index (Phi) is 2.28. The molecule has 1 heteroatoms. The summed E-state index contributed by atoms with van der Waals surface area (Å²) >= 11 is 0. The number of hydrogen-bond donors (Lipinski definition) is 0. The topological polar surface area (TPSA) is 0 Å². The third kappa shape index (κ3) is 1.45. The van der Waals surface area contributed by atoms with Crippen molar-refractivity contribution in [3.05, 3.63) is 23.2 Å². The van der Waals surface area contributed by atoms with E-state index in [4.69, 9.17) is 0 Å². The van der Waals surface area contributed by atoms with Crippen LogP contribution in [0.15, 0.2) is 17.9 Å². The van der Waals surface area contributed by atoms with Crippen LogP contribution in [0.5, 0.6) is 0 Å². The monoisotopic (exact) mass is 180 g/mol. The second-order valence-corrected chi connectivity index (χ2v) is 5.37. The lowest BCUT2D eigenvalue weighted by Gasteiger charge is -2.33. The molecule has 0 N–H and O–H groups in total. The van der Waals surface area contributed by atoms with E-state index in [2.05, 4.69) is 24.9 Å². The molecule has 1 aliphatic rings. The van der Waals surface area contributed by atoms with Gasteiger partial charge in [0.05, 0.1) is 0 Å². The molecule has 0 aromatic carbocycles. The predicted molar refractivity (Wildman–Crippen MR) is 56.4 cm³/mol. The van der Waals surface area contributed by atoms with Crippen LogP contribution in [0, 0.1) is 0 Å². The van der Waals surface area contributed by atoms with Gasteiger partial charge in [0.15, 0.2) is 0 Å². The third-order valence-corrected chi connectivity index (χ3v) is 4.65. The Morgan fingerprint density at radius 3 is 2.58 bits per heavy atom. The normalized spacial score (nSPS) is 23.1. The minimum Gasteiger partial charge on any atom is -0.136 e. The van der Waals surface area contributed by atoms with Crippen molar-refractivity contribution < 1.29 is 0 Å². The summed E-state index contributed by atoms with van der Waals surface area (Å²) < 4.78 is 0. The quantitative estimate of drug-likeness (QED) is 0.614. The Hall–Kier alpha value is -0.220. The molecule has 1 saturated carbocycles. The van der Waals surface area contributed by atoms with Gasteiger partial charge in [-0.1, -0.05) is 38.3 Å². The Balaban J connectivity index is 2.19. The molecule has 1 unspecified atom stereocenters. The SMILES string of the molecule is CC1(c2ccc[pH]2)CCCCC1. The second kappa shape index (κ2) is 3.26. The smallest absolute Gasteiger partial charge is 0.00404 e. The Morgan fingerprint density at radius 1 is 1.25 bits per heavy atom. The van der Waals surface area contributed by atoms with Crippen LogP contribution in [0.25, 0.3) is 0 Å². The van der Waals surface area contributed by atoms with E-state index >= 15 is 0 Å². The van der Waals surface area contributed by atoms with Crippen LogP contribution in [0.3, 0.4) is 0 Å². The molecule has 0 spiro atoms.